The summed E-state index contributed by atoms with van der Waals surface area (Å²) in [5.41, 5.74) is 10.5. The average Bonchev–Trinajstić information content (AvgIpc) is 2.66. The van der Waals surface area contributed by atoms with E-state index >= 15 is 0 Å². The molecule has 1 heterocycles. The molecule has 0 aliphatic carbocycles. The molecule has 8 heteroatoms. The Balaban J connectivity index is 1.76. The molecule has 0 bridgehead atoms. The summed E-state index contributed by atoms with van der Waals surface area (Å²) in [7, 11) is 1.51. The van der Waals surface area contributed by atoms with Crippen molar-refractivity contribution in [3.63, 3.8) is 0 Å². The van der Waals surface area contributed by atoms with E-state index in [0.717, 1.165) is 22.2 Å². The van der Waals surface area contributed by atoms with Crippen molar-refractivity contribution in [3.8, 4) is 11.5 Å². The van der Waals surface area contributed by atoms with Crippen LogP contribution >= 0.6 is 11.6 Å². The first kappa shape index (κ1) is 18.5. The second kappa shape index (κ2) is 8.37. The lowest BCUT2D eigenvalue weighted by molar-refractivity contribution is -0.119. The van der Waals surface area contributed by atoms with Crippen LogP contribution in [0.2, 0.25) is 5.02 Å². The van der Waals surface area contributed by atoms with Gasteiger partial charge in [0.15, 0.2) is 18.1 Å². The molecule has 2 aromatic carbocycles. The predicted molar refractivity (Wildman–Crippen MR) is 106 cm³/mol. The maximum absolute atomic E-state index is 10.8. The second-order valence-electron chi connectivity index (χ2n) is 5.56. The van der Waals surface area contributed by atoms with Crippen LogP contribution in [0, 0.1) is 0 Å². The van der Waals surface area contributed by atoms with E-state index < -0.39 is 5.91 Å². The van der Waals surface area contributed by atoms with Gasteiger partial charge in [0.2, 0.25) is 0 Å². The highest BCUT2D eigenvalue weighted by molar-refractivity contribution is 6.31. The Morgan fingerprint density at radius 1 is 1.26 bits per heavy atom. The van der Waals surface area contributed by atoms with E-state index in [1.54, 1.807) is 42.7 Å². The molecule has 0 saturated heterocycles. The molecule has 1 aromatic heterocycles. The van der Waals surface area contributed by atoms with E-state index in [-0.39, 0.29) is 6.61 Å². The number of rotatable bonds is 7. The smallest absolute Gasteiger partial charge is 0.255 e. The van der Waals surface area contributed by atoms with Crippen molar-refractivity contribution in [1.29, 1.82) is 0 Å². The number of hydrazone groups is 1. The number of halogens is 1. The van der Waals surface area contributed by atoms with Crippen LogP contribution in [0.25, 0.3) is 10.9 Å². The Bertz CT molecular complexity index is 1010. The van der Waals surface area contributed by atoms with Gasteiger partial charge in [0, 0.05) is 16.6 Å². The summed E-state index contributed by atoms with van der Waals surface area (Å²) in [5, 5.41) is 5.79. The fourth-order valence-electron chi connectivity index (χ4n) is 2.43. The number of carbonyl (C=O) groups is 1. The third-order valence-corrected chi connectivity index (χ3v) is 3.90. The Morgan fingerprint density at radius 3 is 2.89 bits per heavy atom. The van der Waals surface area contributed by atoms with Crippen LogP contribution in [0.3, 0.4) is 0 Å². The Kier molecular flexibility index (Phi) is 5.73. The van der Waals surface area contributed by atoms with Crippen molar-refractivity contribution in [1.82, 2.24) is 4.98 Å². The molecular weight excluding hydrogens is 368 g/mol. The van der Waals surface area contributed by atoms with Gasteiger partial charge in [0.1, 0.15) is 0 Å². The lowest BCUT2D eigenvalue weighted by atomic mass is 10.2. The van der Waals surface area contributed by atoms with Gasteiger partial charge in [0.25, 0.3) is 5.91 Å². The van der Waals surface area contributed by atoms with Crippen LogP contribution in [0.1, 0.15) is 5.56 Å². The second-order valence-corrected chi connectivity index (χ2v) is 5.99. The minimum absolute atomic E-state index is 0.218. The first-order chi connectivity index (χ1) is 13.1. The van der Waals surface area contributed by atoms with Crippen molar-refractivity contribution < 1.29 is 14.3 Å². The number of hydrogen-bond donors (Lipinski definition) is 2. The maximum Gasteiger partial charge on any atom is 0.255 e. The van der Waals surface area contributed by atoms with E-state index in [1.165, 1.54) is 7.11 Å². The zero-order valence-electron chi connectivity index (χ0n) is 14.5. The molecule has 0 saturated carbocycles. The first-order valence-corrected chi connectivity index (χ1v) is 8.37. The molecular formula is C19H17ClN4O3. The molecule has 0 radical (unpaired) electrons. The number of aromatic nitrogens is 1. The molecule has 0 spiro atoms. The maximum atomic E-state index is 10.8. The Morgan fingerprint density at radius 2 is 2.11 bits per heavy atom. The number of primary amides is 1. The molecule has 27 heavy (non-hydrogen) atoms. The molecule has 3 N–H and O–H groups in total. The number of nitrogens with zero attached hydrogens (tertiary/aromatic N) is 2. The number of benzene rings is 2. The van der Waals surface area contributed by atoms with Crippen LogP contribution < -0.4 is 20.6 Å². The SMILES string of the molecule is COc1cc(/C=N/Nc2ccnc3cc(Cl)ccc23)ccc1OCC(N)=O. The number of ether oxygens (including phenoxy) is 2. The largest absolute Gasteiger partial charge is 0.493 e. The molecule has 3 rings (SSSR count). The molecule has 138 valence electrons. The summed E-state index contributed by atoms with van der Waals surface area (Å²) in [6.45, 7) is -0.218. The minimum atomic E-state index is -0.558. The van der Waals surface area contributed by atoms with E-state index in [9.17, 15) is 4.79 Å². The molecule has 0 atom stereocenters. The van der Waals surface area contributed by atoms with Gasteiger partial charge >= 0.3 is 0 Å². The fourth-order valence-corrected chi connectivity index (χ4v) is 2.59. The van der Waals surface area contributed by atoms with E-state index in [2.05, 4.69) is 15.5 Å². The summed E-state index contributed by atoms with van der Waals surface area (Å²) < 4.78 is 10.6. The van der Waals surface area contributed by atoms with E-state index in [4.69, 9.17) is 26.8 Å². The van der Waals surface area contributed by atoms with Crippen molar-refractivity contribution in [2.75, 3.05) is 19.1 Å². The van der Waals surface area contributed by atoms with Gasteiger partial charge in [-0.25, -0.2) is 0 Å². The van der Waals surface area contributed by atoms with Crippen molar-refractivity contribution in [2.45, 2.75) is 0 Å². The van der Waals surface area contributed by atoms with E-state index in [0.29, 0.717) is 16.5 Å². The number of pyridine rings is 1. The quantitative estimate of drug-likeness (QED) is 0.481. The van der Waals surface area contributed by atoms with Gasteiger partial charge in [-0.15, -0.1) is 0 Å². The predicted octanol–water partition coefficient (Wildman–Crippen LogP) is 3.21. The Labute approximate surface area is 160 Å². The van der Waals surface area contributed by atoms with Gasteiger partial charge < -0.3 is 15.2 Å². The van der Waals surface area contributed by atoms with Crippen molar-refractivity contribution >= 4 is 40.3 Å². The third kappa shape index (κ3) is 4.65. The summed E-state index contributed by atoms with van der Waals surface area (Å²) >= 11 is 6.00. The third-order valence-electron chi connectivity index (χ3n) is 3.66. The molecule has 7 nitrogen and oxygen atoms in total. The first-order valence-electron chi connectivity index (χ1n) is 7.99. The highest BCUT2D eigenvalue weighted by Crippen LogP contribution is 2.28. The number of anilines is 1. The lowest BCUT2D eigenvalue weighted by Crippen LogP contribution is -2.20. The number of nitrogens with one attached hydrogen (secondary N) is 1. The van der Waals surface area contributed by atoms with Gasteiger partial charge in [-0.05, 0) is 48.0 Å². The number of carbonyl (C=O) groups excluding carboxylic acids is 1. The van der Waals surface area contributed by atoms with Gasteiger partial charge in [-0.2, -0.15) is 5.10 Å². The number of fused-ring (bicyclic) bond motifs is 1. The van der Waals surface area contributed by atoms with Crippen molar-refractivity contribution in [3.05, 3.63) is 59.2 Å². The number of hydrogen-bond acceptors (Lipinski definition) is 6. The Hall–Kier alpha value is -3.32. The summed E-state index contributed by atoms with van der Waals surface area (Å²) in [6, 6.07) is 12.5. The normalized spacial score (nSPS) is 10.9. The fraction of sp³-hybridized carbons (Fsp3) is 0.105. The van der Waals surface area contributed by atoms with Crippen LogP contribution in [0.4, 0.5) is 5.69 Å². The highest BCUT2D eigenvalue weighted by atomic mass is 35.5. The highest BCUT2D eigenvalue weighted by Gasteiger charge is 2.07. The van der Waals surface area contributed by atoms with Crippen molar-refractivity contribution in [2.24, 2.45) is 10.8 Å². The van der Waals surface area contributed by atoms with Crippen LogP contribution in [-0.2, 0) is 4.79 Å². The topological polar surface area (TPSA) is 98.8 Å². The van der Waals surface area contributed by atoms with Crippen LogP contribution in [0.5, 0.6) is 11.5 Å². The number of amides is 1. The zero-order chi connectivity index (χ0) is 19.2. The molecule has 0 aliphatic heterocycles. The molecule has 0 unspecified atom stereocenters. The van der Waals surface area contributed by atoms with E-state index in [1.807, 2.05) is 12.1 Å². The molecule has 1 amide bonds. The monoisotopic (exact) mass is 384 g/mol. The molecule has 3 aromatic rings. The molecule has 0 fully saturated rings. The zero-order valence-corrected chi connectivity index (χ0v) is 15.2. The molecule has 0 aliphatic rings. The van der Waals surface area contributed by atoms with Gasteiger partial charge in [-0.1, -0.05) is 11.6 Å². The summed E-state index contributed by atoms with van der Waals surface area (Å²) in [4.78, 5) is 15.1. The van der Waals surface area contributed by atoms with Gasteiger partial charge in [-0.3, -0.25) is 15.2 Å². The summed E-state index contributed by atoms with van der Waals surface area (Å²) in [6.07, 6.45) is 3.33. The lowest BCUT2D eigenvalue weighted by Gasteiger charge is -2.10. The summed E-state index contributed by atoms with van der Waals surface area (Å²) in [5.74, 6) is 0.348. The number of methoxy groups -OCH3 is 1. The van der Waals surface area contributed by atoms with Crippen LogP contribution in [-0.4, -0.2) is 30.8 Å². The average molecular weight is 385 g/mol. The minimum Gasteiger partial charge on any atom is -0.493 e. The van der Waals surface area contributed by atoms with Gasteiger partial charge in [0.05, 0.1) is 24.5 Å². The van der Waals surface area contributed by atoms with Crippen LogP contribution in [0.15, 0.2) is 53.8 Å². The number of nitrogens with two attached hydrogens (primary N) is 1. The standard InChI is InChI=1S/C19H17ClN4O3/c1-26-18-8-12(2-5-17(18)27-11-19(21)25)10-23-24-15-6-7-22-16-9-13(20)3-4-14(15)16/h2-10H,11H2,1H3,(H2,21,25)(H,22,24)/b23-10+.